The number of aromatic nitrogens is 1. The van der Waals surface area contributed by atoms with E-state index < -0.39 is 11.5 Å². The number of ether oxygens (including phenoxy) is 1. The summed E-state index contributed by atoms with van der Waals surface area (Å²) in [4.78, 5) is 41.3. The lowest BCUT2D eigenvalue weighted by Crippen LogP contribution is -2.48. The number of fused-ring (bicyclic) bond motifs is 1. The Hall–Kier alpha value is -2.74. The number of H-pyrrole nitrogens is 1. The summed E-state index contributed by atoms with van der Waals surface area (Å²) in [7, 11) is 0. The molecule has 2 aromatic rings. The molecule has 1 fully saturated rings. The van der Waals surface area contributed by atoms with E-state index in [1.54, 1.807) is 29.2 Å². The van der Waals surface area contributed by atoms with Crippen molar-refractivity contribution in [2.45, 2.75) is 39.2 Å². The topological polar surface area (TPSA) is 104 Å². The molecule has 29 heavy (non-hydrogen) atoms. The molecule has 3 N–H and O–H groups in total. The van der Waals surface area contributed by atoms with Gasteiger partial charge in [0.15, 0.2) is 0 Å². The Morgan fingerprint density at radius 1 is 1.14 bits per heavy atom. The number of halogens is 1. The van der Waals surface area contributed by atoms with Gasteiger partial charge in [0.25, 0.3) is 5.91 Å². The summed E-state index contributed by atoms with van der Waals surface area (Å²) in [5.41, 5.74) is 5.45. The van der Waals surface area contributed by atoms with E-state index in [4.69, 9.17) is 16.3 Å². The number of nitrogens with zero attached hydrogens (tertiary/aromatic N) is 1. The third-order valence-electron chi connectivity index (χ3n) is 4.64. The van der Waals surface area contributed by atoms with Gasteiger partial charge in [-0.15, -0.1) is 0 Å². The van der Waals surface area contributed by atoms with E-state index in [0.29, 0.717) is 36.6 Å². The molecule has 9 heteroatoms. The SMILES string of the molecule is CC(C)(C)OC(=O)N1CCC(C(=O)NNC(=O)c2cc3cc(Cl)ccc3[nH]2)CC1. The standard InChI is InChI=1S/C20H25ClN4O4/c1-20(2,3)29-19(28)25-8-6-12(7-9-25)17(26)23-24-18(27)16-11-13-10-14(21)4-5-15(13)22-16/h4-5,10-12,22H,6-9H2,1-3H3,(H,23,26)(H,24,27). The molecule has 0 spiro atoms. The van der Waals surface area contributed by atoms with Crippen LogP contribution in [0, 0.1) is 5.92 Å². The molecule has 0 bridgehead atoms. The van der Waals surface area contributed by atoms with Gasteiger partial charge in [-0.25, -0.2) is 4.79 Å². The van der Waals surface area contributed by atoms with E-state index in [0.717, 1.165) is 10.9 Å². The zero-order chi connectivity index (χ0) is 21.2. The predicted molar refractivity (Wildman–Crippen MR) is 109 cm³/mol. The Morgan fingerprint density at radius 2 is 1.83 bits per heavy atom. The molecule has 1 aliphatic heterocycles. The maximum absolute atomic E-state index is 12.4. The van der Waals surface area contributed by atoms with Gasteiger partial charge < -0.3 is 14.6 Å². The average Bonchev–Trinajstić information content (AvgIpc) is 3.07. The molecule has 1 aliphatic rings. The third kappa shape index (κ3) is 5.41. The van der Waals surface area contributed by atoms with Crippen LogP contribution in [0.3, 0.4) is 0 Å². The first-order valence-electron chi connectivity index (χ1n) is 9.49. The summed E-state index contributed by atoms with van der Waals surface area (Å²) in [6.45, 7) is 6.31. The van der Waals surface area contributed by atoms with Gasteiger partial charge in [-0.1, -0.05) is 11.6 Å². The molecular formula is C20H25ClN4O4. The second-order valence-corrected chi connectivity index (χ2v) is 8.54. The number of nitrogens with one attached hydrogen (secondary N) is 3. The van der Waals surface area contributed by atoms with Gasteiger partial charge in [-0.05, 0) is 57.9 Å². The van der Waals surface area contributed by atoms with Crippen molar-refractivity contribution in [3.63, 3.8) is 0 Å². The van der Waals surface area contributed by atoms with Gasteiger partial charge in [0.1, 0.15) is 11.3 Å². The molecular weight excluding hydrogens is 396 g/mol. The number of carbonyl (C=O) groups excluding carboxylic acids is 3. The van der Waals surface area contributed by atoms with Crippen LogP contribution in [0.15, 0.2) is 24.3 Å². The third-order valence-corrected chi connectivity index (χ3v) is 4.88. The molecule has 2 heterocycles. The Labute approximate surface area is 173 Å². The highest BCUT2D eigenvalue weighted by Crippen LogP contribution is 2.21. The van der Waals surface area contributed by atoms with Gasteiger partial charge in [0.05, 0.1) is 0 Å². The molecule has 1 saturated heterocycles. The second kappa shape index (κ2) is 8.32. The lowest BCUT2D eigenvalue weighted by atomic mass is 9.96. The lowest BCUT2D eigenvalue weighted by molar-refractivity contribution is -0.127. The van der Waals surface area contributed by atoms with Gasteiger partial charge in [-0.2, -0.15) is 0 Å². The first kappa shape index (κ1) is 21.0. The monoisotopic (exact) mass is 420 g/mol. The number of aromatic amines is 1. The summed E-state index contributed by atoms with van der Waals surface area (Å²) >= 11 is 5.95. The maximum Gasteiger partial charge on any atom is 0.410 e. The minimum atomic E-state index is -0.552. The molecule has 0 radical (unpaired) electrons. The van der Waals surface area contributed by atoms with Crippen LogP contribution < -0.4 is 10.9 Å². The van der Waals surface area contributed by atoms with Gasteiger partial charge in [-0.3, -0.25) is 20.4 Å². The van der Waals surface area contributed by atoms with Crippen molar-refractivity contribution in [3.8, 4) is 0 Å². The fourth-order valence-corrected chi connectivity index (χ4v) is 3.34. The van der Waals surface area contributed by atoms with Gasteiger partial charge >= 0.3 is 6.09 Å². The minimum Gasteiger partial charge on any atom is -0.444 e. The van der Waals surface area contributed by atoms with Gasteiger partial charge in [0, 0.05) is 34.9 Å². The van der Waals surface area contributed by atoms with Crippen LogP contribution in [-0.4, -0.2) is 46.5 Å². The van der Waals surface area contributed by atoms with E-state index in [-0.39, 0.29) is 17.9 Å². The number of rotatable bonds is 2. The Balaban J connectivity index is 1.48. The fourth-order valence-electron chi connectivity index (χ4n) is 3.16. The van der Waals surface area contributed by atoms with E-state index in [1.165, 1.54) is 0 Å². The molecule has 1 aromatic heterocycles. The van der Waals surface area contributed by atoms with E-state index in [1.807, 2.05) is 20.8 Å². The number of hydrazine groups is 1. The first-order valence-corrected chi connectivity index (χ1v) is 9.86. The largest absolute Gasteiger partial charge is 0.444 e. The molecule has 156 valence electrons. The van der Waals surface area contributed by atoms with E-state index in [9.17, 15) is 14.4 Å². The zero-order valence-electron chi connectivity index (χ0n) is 16.7. The molecule has 8 nitrogen and oxygen atoms in total. The molecule has 0 aliphatic carbocycles. The lowest BCUT2D eigenvalue weighted by Gasteiger charge is -2.32. The van der Waals surface area contributed by atoms with Crippen LogP contribution in [0.5, 0.6) is 0 Å². The van der Waals surface area contributed by atoms with E-state index >= 15 is 0 Å². The van der Waals surface area contributed by atoms with Crippen LogP contribution in [-0.2, 0) is 9.53 Å². The number of carbonyl (C=O) groups is 3. The van der Waals surface area contributed by atoms with Crippen molar-refractivity contribution in [1.82, 2.24) is 20.7 Å². The highest BCUT2D eigenvalue weighted by molar-refractivity contribution is 6.31. The second-order valence-electron chi connectivity index (χ2n) is 8.10. The van der Waals surface area contributed by atoms with Crippen LogP contribution in [0.1, 0.15) is 44.1 Å². The van der Waals surface area contributed by atoms with Crippen LogP contribution >= 0.6 is 11.6 Å². The quantitative estimate of drug-likeness (QED) is 0.649. The summed E-state index contributed by atoms with van der Waals surface area (Å²) in [6.07, 6.45) is 0.640. The summed E-state index contributed by atoms with van der Waals surface area (Å²) < 4.78 is 5.35. The van der Waals surface area contributed by atoms with Crippen molar-refractivity contribution >= 4 is 40.4 Å². The summed E-state index contributed by atoms with van der Waals surface area (Å²) in [5.74, 6) is -1.01. The number of likely N-dealkylation sites (tertiary alicyclic amines) is 1. The van der Waals surface area contributed by atoms with Crippen molar-refractivity contribution in [3.05, 3.63) is 35.0 Å². The molecule has 3 rings (SSSR count). The molecule has 0 saturated carbocycles. The number of hydrogen-bond acceptors (Lipinski definition) is 4. The highest BCUT2D eigenvalue weighted by atomic mass is 35.5. The summed E-state index contributed by atoms with van der Waals surface area (Å²) in [6, 6.07) is 6.93. The number of amides is 3. The van der Waals surface area contributed by atoms with Crippen molar-refractivity contribution in [1.29, 1.82) is 0 Å². The smallest absolute Gasteiger partial charge is 0.410 e. The number of benzene rings is 1. The van der Waals surface area contributed by atoms with Gasteiger partial charge in [0.2, 0.25) is 5.91 Å². The average molecular weight is 421 g/mol. The normalized spacial score (nSPS) is 15.2. The minimum absolute atomic E-state index is 0.277. The zero-order valence-corrected chi connectivity index (χ0v) is 17.4. The van der Waals surface area contributed by atoms with E-state index in [2.05, 4.69) is 15.8 Å². The molecule has 0 unspecified atom stereocenters. The maximum atomic E-state index is 12.4. The van der Waals surface area contributed by atoms with Crippen molar-refractivity contribution in [2.75, 3.05) is 13.1 Å². The highest BCUT2D eigenvalue weighted by Gasteiger charge is 2.30. The van der Waals surface area contributed by atoms with Crippen molar-refractivity contribution < 1.29 is 19.1 Å². The Kier molecular flexibility index (Phi) is 6.02. The summed E-state index contributed by atoms with van der Waals surface area (Å²) in [5, 5.41) is 1.39. The molecule has 0 atom stereocenters. The Bertz CT molecular complexity index is 926. The first-order chi connectivity index (χ1) is 13.6. The number of hydrogen-bond donors (Lipinski definition) is 3. The molecule has 1 aromatic carbocycles. The number of piperidine rings is 1. The van der Waals surface area contributed by atoms with Crippen molar-refractivity contribution in [2.24, 2.45) is 5.92 Å². The Morgan fingerprint density at radius 3 is 2.48 bits per heavy atom. The predicted octanol–water partition coefficient (Wildman–Crippen LogP) is 3.23. The van der Waals surface area contributed by atoms with Crippen LogP contribution in [0.2, 0.25) is 5.02 Å². The fraction of sp³-hybridized carbons (Fsp3) is 0.450. The molecule has 3 amide bonds. The van der Waals surface area contributed by atoms with Crippen LogP contribution in [0.25, 0.3) is 10.9 Å². The van der Waals surface area contributed by atoms with Crippen LogP contribution in [0.4, 0.5) is 4.79 Å².